The second kappa shape index (κ2) is 7.62. The van der Waals surface area contributed by atoms with Crippen molar-refractivity contribution < 1.29 is 0 Å². The molecule has 25 heavy (non-hydrogen) atoms. The fraction of sp³-hybridized carbons (Fsp3) is 0.632. The lowest BCUT2D eigenvalue weighted by molar-refractivity contribution is 0.119. The predicted molar refractivity (Wildman–Crippen MR) is 97.3 cm³/mol. The van der Waals surface area contributed by atoms with Gasteiger partial charge in [0.05, 0.1) is 12.1 Å². The van der Waals surface area contributed by atoms with Crippen molar-refractivity contribution in [3.63, 3.8) is 0 Å². The number of hydrogen-bond acceptors (Lipinski definition) is 5. The average Bonchev–Trinajstić information content (AvgIpc) is 3.14. The van der Waals surface area contributed by atoms with Crippen molar-refractivity contribution in [2.75, 3.05) is 33.2 Å². The highest BCUT2D eigenvalue weighted by atomic mass is 15.6. The highest BCUT2D eigenvalue weighted by molar-refractivity contribution is 5.25. The van der Waals surface area contributed by atoms with Crippen LogP contribution in [0.5, 0.6) is 0 Å². The number of rotatable bonds is 4. The third kappa shape index (κ3) is 3.60. The molecule has 0 N–H and O–H groups in total. The van der Waals surface area contributed by atoms with Gasteiger partial charge in [0, 0.05) is 26.2 Å². The Morgan fingerprint density at radius 2 is 1.68 bits per heavy atom. The molecule has 1 saturated heterocycles. The van der Waals surface area contributed by atoms with Gasteiger partial charge < -0.3 is 4.90 Å². The molecule has 1 aromatic heterocycles. The van der Waals surface area contributed by atoms with Crippen LogP contribution >= 0.6 is 0 Å². The van der Waals surface area contributed by atoms with Crippen LogP contribution in [-0.4, -0.2) is 63.2 Å². The molecule has 0 spiro atoms. The average molecular weight is 340 g/mol. The van der Waals surface area contributed by atoms with Crippen LogP contribution in [0, 0.1) is 0 Å². The van der Waals surface area contributed by atoms with Gasteiger partial charge in [-0.05, 0) is 35.9 Å². The van der Waals surface area contributed by atoms with Crippen LogP contribution < -0.4 is 0 Å². The van der Waals surface area contributed by atoms with E-state index < -0.39 is 0 Å². The normalized spacial score (nSPS) is 22.1. The van der Waals surface area contributed by atoms with Crippen LogP contribution in [-0.2, 0) is 0 Å². The maximum atomic E-state index is 4.51. The van der Waals surface area contributed by atoms with E-state index in [1.807, 2.05) is 0 Å². The van der Waals surface area contributed by atoms with Crippen LogP contribution in [0.25, 0.3) is 0 Å². The van der Waals surface area contributed by atoms with Crippen molar-refractivity contribution in [3.8, 4) is 0 Å². The van der Waals surface area contributed by atoms with E-state index >= 15 is 0 Å². The van der Waals surface area contributed by atoms with Gasteiger partial charge >= 0.3 is 0 Å². The van der Waals surface area contributed by atoms with Crippen molar-refractivity contribution in [1.82, 2.24) is 30.0 Å². The van der Waals surface area contributed by atoms with Gasteiger partial charge in [0.15, 0.2) is 5.82 Å². The Morgan fingerprint density at radius 3 is 2.40 bits per heavy atom. The number of piperazine rings is 1. The molecule has 0 radical (unpaired) electrons. The van der Waals surface area contributed by atoms with E-state index in [1.54, 1.807) is 0 Å². The summed E-state index contributed by atoms with van der Waals surface area (Å²) in [6, 6.07) is 11.3. The predicted octanol–water partition coefficient (Wildman–Crippen LogP) is 2.52. The van der Waals surface area contributed by atoms with Gasteiger partial charge in [0.25, 0.3) is 0 Å². The fourth-order valence-corrected chi connectivity index (χ4v) is 4.20. The molecule has 1 saturated carbocycles. The summed E-state index contributed by atoms with van der Waals surface area (Å²) in [6.07, 6.45) is 6.31. The van der Waals surface area contributed by atoms with E-state index in [4.69, 9.17) is 0 Å². The lowest BCUT2D eigenvalue weighted by Crippen LogP contribution is -2.46. The first-order valence-corrected chi connectivity index (χ1v) is 9.58. The monoisotopic (exact) mass is 340 g/mol. The Balaban J connectivity index is 1.68. The molecule has 0 amide bonds. The fourth-order valence-electron chi connectivity index (χ4n) is 4.20. The molecule has 2 heterocycles. The van der Waals surface area contributed by atoms with E-state index in [0.29, 0.717) is 6.04 Å². The maximum absolute atomic E-state index is 4.51. The summed E-state index contributed by atoms with van der Waals surface area (Å²) in [5.74, 6) is 1.02. The van der Waals surface area contributed by atoms with Gasteiger partial charge in [-0.2, -0.15) is 0 Å². The molecule has 1 aromatic carbocycles. The molecule has 1 unspecified atom stereocenters. The lowest BCUT2D eigenvalue weighted by atomic mass is 9.95. The molecule has 6 heteroatoms. The molecule has 6 nitrogen and oxygen atoms in total. The third-order valence-electron chi connectivity index (χ3n) is 5.70. The largest absolute Gasteiger partial charge is 0.304 e. The Bertz CT molecular complexity index is 656. The van der Waals surface area contributed by atoms with Crippen molar-refractivity contribution >= 4 is 0 Å². The Labute approximate surface area is 149 Å². The number of aromatic nitrogens is 4. The van der Waals surface area contributed by atoms with Crippen LogP contribution in [0.2, 0.25) is 0 Å². The van der Waals surface area contributed by atoms with Gasteiger partial charge in [-0.1, -0.05) is 49.6 Å². The summed E-state index contributed by atoms with van der Waals surface area (Å²) in [5.41, 5.74) is 1.29. The Hall–Kier alpha value is -1.79. The molecule has 1 atom stereocenters. The number of likely N-dealkylation sites (N-methyl/N-ethyl adjacent to an activating group) is 1. The summed E-state index contributed by atoms with van der Waals surface area (Å²) in [4.78, 5) is 4.93. The summed E-state index contributed by atoms with van der Waals surface area (Å²) in [6.45, 7) is 4.28. The number of benzene rings is 1. The minimum Gasteiger partial charge on any atom is -0.304 e. The third-order valence-corrected chi connectivity index (χ3v) is 5.70. The number of hydrogen-bond donors (Lipinski definition) is 0. The zero-order valence-electron chi connectivity index (χ0n) is 15.1. The van der Waals surface area contributed by atoms with Gasteiger partial charge in [-0.15, -0.1) is 5.10 Å². The van der Waals surface area contributed by atoms with Crippen molar-refractivity contribution in [3.05, 3.63) is 41.7 Å². The van der Waals surface area contributed by atoms with E-state index in [2.05, 4.69) is 67.4 Å². The molecule has 2 aromatic rings. The van der Waals surface area contributed by atoms with E-state index in [1.165, 1.54) is 37.7 Å². The molecule has 4 rings (SSSR count). The summed E-state index contributed by atoms with van der Waals surface area (Å²) in [5, 5.41) is 13.0. The first-order valence-electron chi connectivity index (χ1n) is 9.58. The van der Waals surface area contributed by atoms with Gasteiger partial charge in [0.2, 0.25) is 0 Å². The number of tetrazole rings is 1. The first kappa shape index (κ1) is 16.7. The van der Waals surface area contributed by atoms with Gasteiger partial charge in [-0.3, -0.25) is 4.90 Å². The van der Waals surface area contributed by atoms with Crippen molar-refractivity contribution in [2.24, 2.45) is 0 Å². The Kier molecular flexibility index (Phi) is 5.08. The van der Waals surface area contributed by atoms with Gasteiger partial charge in [-0.25, -0.2) is 4.68 Å². The highest BCUT2D eigenvalue weighted by Crippen LogP contribution is 2.33. The minimum atomic E-state index is 0.145. The molecule has 2 fully saturated rings. The van der Waals surface area contributed by atoms with Crippen LogP contribution in [0.3, 0.4) is 0 Å². The summed E-state index contributed by atoms with van der Waals surface area (Å²) >= 11 is 0. The van der Waals surface area contributed by atoms with E-state index in [0.717, 1.165) is 32.0 Å². The SMILES string of the molecule is CN1CCN(C(c2ccccc2)c2nnnn2C2CCCCC2)CC1. The Morgan fingerprint density at radius 1 is 0.960 bits per heavy atom. The quantitative estimate of drug-likeness (QED) is 0.856. The second-order valence-corrected chi connectivity index (χ2v) is 7.43. The second-order valence-electron chi connectivity index (χ2n) is 7.43. The topological polar surface area (TPSA) is 50.1 Å². The smallest absolute Gasteiger partial charge is 0.173 e. The highest BCUT2D eigenvalue weighted by Gasteiger charge is 2.31. The molecule has 134 valence electrons. The summed E-state index contributed by atoms with van der Waals surface area (Å²) in [7, 11) is 2.20. The maximum Gasteiger partial charge on any atom is 0.173 e. The van der Waals surface area contributed by atoms with Crippen LogP contribution in [0.1, 0.15) is 55.6 Å². The van der Waals surface area contributed by atoms with E-state index in [-0.39, 0.29) is 6.04 Å². The van der Waals surface area contributed by atoms with E-state index in [9.17, 15) is 0 Å². The number of nitrogens with zero attached hydrogens (tertiary/aromatic N) is 6. The molecule has 2 aliphatic rings. The molecule has 1 aliphatic carbocycles. The minimum absolute atomic E-state index is 0.145. The lowest BCUT2D eigenvalue weighted by Gasteiger charge is -2.38. The zero-order chi connectivity index (χ0) is 17.1. The van der Waals surface area contributed by atoms with Crippen LogP contribution in [0.15, 0.2) is 30.3 Å². The zero-order valence-corrected chi connectivity index (χ0v) is 15.1. The molecular formula is C19H28N6. The van der Waals surface area contributed by atoms with Crippen LogP contribution in [0.4, 0.5) is 0 Å². The first-order chi connectivity index (χ1) is 12.3. The molecule has 1 aliphatic heterocycles. The van der Waals surface area contributed by atoms with Gasteiger partial charge in [0.1, 0.15) is 0 Å². The molecular weight excluding hydrogens is 312 g/mol. The standard InChI is InChI=1S/C19H28N6/c1-23-12-14-24(15-13-23)18(16-8-4-2-5-9-16)19-20-21-22-25(19)17-10-6-3-7-11-17/h2,4-5,8-9,17-18H,3,6-7,10-15H2,1H3. The summed E-state index contributed by atoms with van der Waals surface area (Å²) < 4.78 is 2.13. The van der Waals surface area contributed by atoms with Crippen molar-refractivity contribution in [1.29, 1.82) is 0 Å². The molecule has 0 bridgehead atoms. The van der Waals surface area contributed by atoms with Crippen molar-refractivity contribution in [2.45, 2.75) is 44.2 Å².